The maximum absolute atomic E-state index is 10.3. The Hall–Kier alpha value is 0.550. The molecular formula is C12H25N3Na4O18S3. The first-order valence-electron chi connectivity index (χ1n) is 8.17. The van der Waals surface area contributed by atoms with Gasteiger partial charge in [-0.1, -0.05) is 0 Å². The van der Waals surface area contributed by atoms with Crippen LogP contribution >= 0.6 is 0 Å². The molecular weight excluding hydrogens is 662 g/mol. The van der Waals surface area contributed by atoms with E-state index >= 15 is 0 Å². The van der Waals surface area contributed by atoms with Gasteiger partial charge >= 0.3 is 136 Å². The van der Waals surface area contributed by atoms with Crippen molar-refractivity contribution < 1.29 is 83.0 Å². The average Bonchev–Trinajstić information content (AvgIpc) is 2.59. The molecule has 0 fully saturated rings. The summed E-state index contributed by atoms with van der Waals surface area (Å²) in [6.45, 7) is 0. The molecule has 0 aromatic rings. The van der Waals surface area contributed by atoms with E-state index in [9.17, 15) is 54.0 Å². The molecule has 0 aliphatic carbocycles. The number of rotatable bonds is 12. The van der Waals surface area contributed by atoms with Crippen molar-refractivity contribution in [2.45, 2.75) is 35.0 Å². The number of aliphatic carboxylic acids is 3. The van der Waals surface area contributed by atoms with Crippen LogP contribution in [0.3, 0.4) is 0 Å². The van der Waals surface area contributed by atoms with Gasteiger partial charge in [0.2, 0.25) is 17.7 Å². The number of hydrogen-bond acceptors (Lipinski definition) is 12. The number of carboxylic acid groups (broad SMARTS) is 3. The van der Waals surface area contributed by atoms with Gasteiger partial charge in [-0.25, -0.2) is 0 Å². The third-order valence-corrected chi connectivity index (χ3v) is 6.33. The molecule has 3 amide bonds. The first-order chi connectivity index (χ1) is 15.7. The van der Waals surface area contributed by atoms with Crippen LogP contribution in [0.2, 0.25) is 0 Å². The van der Waals surface area contributed by atoms with Crippen molar-refractivity contribution >= 4 is 184 Å². The molecule has 0 saturated heterocycles. The molecule has 3 unspecified atom stereocenters. The fourth-order valence-electron chi connectivity index (χ4n) is 1.51. The van der Waals surface area contributed by atoms with Crippen LogP contribution in [0.25, 0.3) is 0 Å². The first-order valence-corrected chi connectivity index (χ1v) is 12.7. The van der Waals surface area contributed by atoms with Gasteiger partial charge in [-0.15, -0.1) is 0 Å². The fraction of sp³-hybridized carbons (Fsp3) is 0.500. The molecule has 28 heteroatoms. The summed E-state index contributed by atoms with van der Waals surface area (Å²) in [5, 5.41) is 18.1. The quantitative estimate of drug-likeness (QED) is 0.0679. The SMILES string of the molecule is NC(=O)CC(C(=O)O)S(=O)(=O)O.NC(=O)CC(C(=O)O)S(=O)(=O)O.NC(=O)CC(C(=O)O)S(=O)(=O)O.[NaH].[NaH].[NaH].[NaH]. The van der Waals surface area contributed by atoms with Crippen LogP contribution in [0.1, 0.15) is 19.3 Å². The minimum atomic E-state index is -4.76. The van der Waals surface area contributed by atoms with E-state index in [0.717, 1.165) is 0 Å². The minimum absolute atomic E-state index is 0. The zero-order chi connectivity index (χ0) is 29.8. The van der Waals surface area contributed by atoms with Crippen LogP contribution in [0.15, 0.2) is 0 Å². The van der Waals surface area contributed by atoms with E-state index in [0.29, 0.717) is 0 Å². The normalized spacial score (nSPS) is 12.4. The molecule has 0 heterocycles. The van der Waals surface area contributed by atoms with Crippen LogP contribution in [0, 0.1) is 0 Å². The average molecular weight is 687 g/mol. The van der Waals surface area contributed by atoms with Gasteiger partial charge in [-0.2, -0.15) is 25.3 Å². The van der Waals surface area contributed by atoms with Crippen molar-refractivity contribution in [3.05, 3.63) is 0 Å². The molecule has 0 aromatic heterocycles. The third-order valence-electron chi connectivity index (χ3n) is 3.06. The zero-order valence-electron chi connectivity index (χ0n) is 17.4. The molecule has 21 nitrogen and oxygen atoms in total. The summed E-state index contributed by atoms with van der Waals surface area (Å²) in [6.07, 6.45) is -2.81. The Morgan fingerprint density at radius 2 is 0.575 bits per heavy atom. The Kier molecular flexibility index (Phi) is 35.1. The molecule has 0 aromatic carbocycles. The van der Waals surface area contributed by atoms with Crippen LogP contribution < -0.4 is 17.2 Å². The number of primary amides is 3. The van der Waals surface area contributed by atoms with Crippen LogP contribution in [-0.4, -0.2) is 224 Å². The van der Waals surface area contributed by atoms with E-state index in [-0.39, 0.29) is 118 Å². The van der Waals surface area contributed by atoms with E-state index in [4.69, 9.17) is 29.0 Å². The second-order valence-corrected chi connectivity index (χ2v) is 10.8. The van der Waals surface area contributed by atoms with Gasteiger partial charge in [0.1, 0.15) is 0 Å². The molecule has 0 radical (unpaired) electrons. The summed E-state index contributed by atoms with van der Waals surface area (Å²) in [5.74, 6) is -8.76. The molecule has 12 N–H and O–H groups in total. The van der Waals surface area contributed by atoms with Crippen LogP contribution in [0.5, 0.6) is 0 Å². The molecule has 0 aliphatic heterocycles. The maximum atomic E-state index is 10.3. The standard InChI is InChI=1S/3C4H7NO6S.4Na.4H/c3*5-3(6)1-2(4(7)8)12(9,10)11;;;;;;;;/h3*2H,1H2,(H2,5,6)(H,7,8)(H,9,10,11);;;;;;;;. The second kappa shape index (κ2) is 24.9. The monoisotopic (exact) mass is 687 g/mol. The molecule has 0 bridgehead atoms. The number of hydrogen-bond donors (Lipinski definition) is 9. The van der Waals surface area contributed by atoms with Gasteiger partial charge in [0.15, 0.2) is 15.7 Å². The zero-order valence-corrected chi connectivity index (χ0v) is 19.8. The van der Waals surface area contributed by atoms with Gasteiger partial charge in [-0.05, 0) is 0 Å². The summed E-state index contributed by atoms with van der Waals surface area (Å²) >= 11 is 0. The Morgan fingerprint density at radius 3 is 0.600 bits per heavy atom. The van der Waals surface area contributed by atoms with Gasteiger partial charge in [-0.3, -0.25) is 42.4 Å². The van der Waals surface area contributed by atoms with E-state index in [1.165, 1.54) is 0 Å². The number of amides is 3. The summed E-state index contributed by atoms with van der Waals surface area (Å²) in [7, 11) is -14.3. The number of carbonyl (C=O) groups excluding carboxylic acids is 3. The number of nitrogens with two attached hydrogens (primary N) is 3. The van der Waals surface area contributed by atoms with Gasteiger partial charge in [0.25, 0.3) is 30.4 Å². The first kappa shape index (κ1) is 56.4. The second-order valence-electron chi connectivity index (χ2n) is 6.04. The van der Waals surface area contributed by atoms with Crippen molar-refractivity contribution in [1.82, 2.24) is 0 Å². The Bertz CT molecular complexity index is 1040. The summed E-state index contributed by atoms with van der Waals surface area (Å²) < 4.78 is 86.5. The Labute approximate surface area is 315 Å². The molecule has 0 saturated carbocycles. The predicted molar refractivity (Wildman–Crippen MR) is 139 cm³/mol. The van der Waals surface area contributed by atoms with Crippen molar-refractivity contribution in [2.75, 3.05) is 0 Å². The topological polar surface area (TPSA) is 404 Å². The molecule has 0 spiro atoms. The Morgan fingerprint density at radius 1 is 0.450 bits per heavy atom. The number of carboxylic acids is 3. The van der Waals surface area contributed by atoms with Crippen LogP contribution in [-0.2, 0) is 59.1 Å². The summed E-state index contributed by atoms with van der Waals surface area (Å²) in [6, 6.07) is 0. The predicted octanol–water partition coefficient (Wildman–Crippen LogP) is -7.99. The van der Waals surface area contributed by atoms with Crippen molar-refractivity contribution in [3.8, 4) is 0 Å². The fourth-order valence-corrected chi connectivity index (χ4v) is 3.40. The molecule has 218 valence electrons. The van der Waals surface area contributed by atoms with E-state index < -0.39 is 101 Å². The molecule has 0 rings (SSSR count). The summed E-state index contributed by atoms with van der Waals surface area (Å²) in [5.41, 5.74) is 13.6. The van der Waals surface area contributed by atoms with Crippen molar-refractivity contribution in [2.24, 2.45) is 17.2 Å². The Balaban J connectivity index is -0.0000000778. The van der Waals surface area contributed by atoms with E-state index in [1.807, 2.05) is 0 Å². The van der Waals surface area contributed by atoms with E-state index in [1.54, 1.807) is 0 Å². The van der Waals surface area contributed by atoms with Crippen molar-refractivity contribution in [1.29, 1.82) is 0 Å². The van der Waals surface area contributed by atoms with E-state index in [2.05, 4.69) is 17.2 Å². The molecule has 40 heavy (non-hydrogen) atoms. The molecule has 0 aliphatic rings. The van der Waals surface area contributed by atoms with Crippen molar-refractivity contribution in [3.63, 3.8) is 0 Å². The van der Waals surface area contributed by atoms with Crippen LogP contribution in [0.4, 0.5) is 0 Å². The van der Waals surface area contributed by atoms with Gasteiger partial charge in [0.05, 0.1) is 19.3 Å². The molecule has 3 atom stereocenters. The number of carbonyl (C=O) groups is 6. The third kappa shape index (κ3) is 30.0. The summed E-state index contributed by atoms with van der Waals surface area (Å²) in [4.78, 5) is 60.8. The van der Waals surface area contributed by atoms with Gasteiger partial charge in [0, 0.05) is 0 Å². The van der Waals surface area contributed by atoms with Gasteiger partial charge < -0.3 is 32.5 Å².